The molecule has 3 atom stereocenters. The van der Waals surface area contributed by atoms with Crippen LogP contribution < -0.4 is 5.32 Å². The fraction of sp³-hybridized carbons (Fsp3) is 0.500. The maximum Gasteiger partial charge on any atom is 0.407 e. The van der Waals surface area contributed by atoms with Crippen LogP contribution in [0, 0.1) is 17.2 Å². The molecule has 1 aromatic rings. The van der Waals surface area contributed by atoms with Gasteiger partial charge in [-0.25, -0.2) is 4.39 Å². The van der Waals surface area contributed by atoms with Crippen molar-refractivity contribution in [2.75, 3.05) is 21.0 Å². The number of alkyl halides is 4. The molecule has 1 aromatic carbocycles. The Morgan fingerprint density at radius 2 is 1.97 bits per heavy atom. The van der Waals surface area contributed by atoms with Crippen LogP contribution in [0.5, 0.6) is 0 Å². The van der Waals surface area contributed by atoms with E-state index in [9.17, 15) is 18.0 Å². The van der Waals surface area contributed by atoms with E-state index in [1.807, 2.05) is 6.07 Å². The molecule has 0 heterocycles. The van der Waals surface area contributed by atoms with Crippen molar-refractivity contribution in [3.63, 3.8) is 0 Å². The molecule has 34 heavy (non-hydrogen) atoms. The van der Waals surface area contributed by atoms with Crippen LogP contribution in [0.2, 0.25) is 0 Å². The SMILES string of the molecule is COCOC1(F)CC(C(NC(CC(C)C)C(=O)OC)C(F)(F)F)=CC=C1c1cccc(C#N)c1. The van der Waals surface area contributed by atoms with Gasteiger partial charge in [0.15, 0.2) is 0 Å². The third kappa shape index (κ3) is 6.88. The van der Waals surface area contributed by atoms with E-state index in [-0.39, 0.29) is 34.6 Å². The summed E-state index contributed by atoms with van der Waals surface area (Å²) in [6.07, 6.45) is -3.15. The number of carbonyl (C=O) groups excluding carboxylic acids is 1. The van der Waals surface area contributed by atoms with Gasteiger partial charge in [-0.05, 0) is 35.6 Å². The van der Waals surface area contributed by atoms with Crippen molar-refractivity contribution in [1.82, 2.24) is 5.32 Å². The monoisotopic (exact) mass is 484 g/mol. The van der Waals surface area contributed by atoms with Crippen molar-refractivity contribution in [3.05, 3.63) is 53.1 Å². The Hall–Kier alpha value is -2.74. The fourth-order valence-electron chi connectivity index (χ4n) is 3.74. The number of rotatable bonds is 10. The Morgan fingerprint density at radius 1 is 1.26 bits per heavy atom. The third-order valence-corrected chi connectivity index (χ3v) is 5.26. The van der Waals surface area contributed by atoms with Gasteiger partial charge in [0.05, 0.1) is 18.7 Å². The molecule has 2 rings (SSSR count). The summed E-state index contributed by atoms with van der Waals surface area (Å²) in [5.74, 6) is -3.61. The van der Waals surface area contributed by atoms with Crippen LogP contribution in [0.3, 0.4) is 0 Å². The molecule has 6 nitrogen and oxygen atoms in total. The molecule has 0 radical (unpaired) electrons. The number of benzene rings is 1. The van der Waals surface area contributed by atoms with Crippen molar-refractivity contribution in [2.45, 2.75) is 50.8 Å². The van der Waals surface area contributed by atoms with E-state index in [2.05, 4.69) is 10.1 Å². The Balaban J connectivity index is 2.52. The minimum absolute atomic E-state index is 0.0435. The Morgan fingerprint density at radius 3 is 2.53 bits per heavy atom. The van der Waals surface area contributed by atoms with Gasteiger partial charge in [0.25, 0.3) is 0 Å². The summed E-state index contributed by atoms with van der Waals surface area (Å²) in [6.45, 7) is 3.01. The summed E-state index contributed by atoms with van der Waals surface area (Å²) < 4.78 is 73.1. The topological polar surface area (TPSA) is 80.6 Å². The molecular weight excluding hydrogens is 456 g/mol. The van der Waals surface area contributed by atoms with Crippen molar-refractivity contribution in [1.29, 1.82) is 5.26 Å². The van der Waals surface area contributed by atoms with E-state index in [0.29, 0.717) is 0 Å². The molecule has 0 aliphatic heterocycles. The predicted octanol–water partition coefficient (Wildman–Crippen LogP) is 4.67. The van der Waals surface area contributed by atoms with Gasteiger partial charge >= 0.3 is 12.1 Å². The lowest BCUT2D eigenvalue weighted by Gasteiger charge is -2.36. The van der Waals surface area contributed by atoms with Gasteiger partial charge in [-0.3, -0.25) is 10.1 Å². The average Bonchev–Trinajstić information content (AvgIpc) is 2.78. The molecule has 0 saturated heterocycles. The summed E-state index contributed by atoms with van der Waals surface area (Å²) in [4.78, 5) is 12.1. The number of halogens is 4. The summed E-state index contributed by atoms with van der Waals surface area (Å²) >= 11 is 0. The van der Waals surface area contributed by atoms with Gasteiger partial charge in [0.1, 0.15) is 18.9 Å². The molecule has 10 heteroatoms. The number of nitrogens with zero attached hydrogens (tertiary/aromatic N) is 1. The second-order valence-corrected chi connectivity index (χ2v) is 8.32. The number of methoxy groups -OCH3 is 2. The Bertz CT molecular complexity index is 968. The molecule has 1 N–H and O–H groups in total. The van der Waals surface area contributed by atoms with E-state index in [1.54, 1.807) is 13.8 Å². The molecule has 0 saturated carbocycles. The lowest BCUT2D eigenvalue weighted by Crippen LogP contribution is -2.53. The number of nitriles is 1. The minimum atomic E-state index is -4.83. The van der Waals surface area contributed by atoms with E-state index >= 15 is 4.39 Å². The highest BCUT2D eigenvalue weighted by molar-refractivity contribution is 5.76. The van der Waals surface area contributed by atoms with E-state index in [1.165, 1.54) is 37.5 Å². The average molecular weight is 484 g/mol. The molecular formula is C24H28F4N2O4. The van der Waals surface area contributed by atoms with Crippen LogP contribution in [0.4, 0.5) is 17.6 Å². The van der Waals surface area contributed by atoms with Gasteiger partial charge in [0, 0.05) is 19.1 Å². The maximum atomic E-state index is 16.1. The molecule has 3 unspecified atom stereocenters. The number of esters is 1. The van der Waals surface area contributed by atoms with Crippen LogP contribution in [0.25, 0.3) is 5.57 Å². The molecule has 0 spiro atoms. The second-order valence-electron chi connectivity index (χ2n) is 8.32. The van der Waals surface area contributed by atoms with Crippen LogP contribution in [-0.2, 0) is 19.0 Å². The quantitative estimate of drug-likeness (QED) is 0.296. The van der Waals surface area contributed by atoms with Gasteiger partial charge < -0.3 is 14.2 Å². The summed E-state index contributed by atoms with van der Waals surface area (Å²) in [6, 6.07) is 4.39. The molecule has 186 valence electrons. The molecule has 0 amide bonds. The largest absolute Gasteiger partial charge is 0.468 e. The number of hydrogen-bond acceptors (Lipinski definition) is 6. The molecule has 0 fully saturated rings. The van der Waals surface area contributed by atoms with Gasteiger partial charge in [0.2, 0.25) is 5.85 Å². The van der Waals surface area contributed by atoms with E-state index < -0.39 is 43.3 Å². The lowest BCUT2D eigenvalue weighted by atomic mass is 9.85. The number of allylic oxidation sites excluding steroid dienone is 2. The lowest BCUT2D eigenvalue weighted by molar-refractivity contribution is -0.172. The predicted molar refractivity (Wildman–Crippen MR) is 117 cm³/mol. The van der Waals surface area contributed by atoms with E-state index in [4.69, 9.17) is 14.7 Å². The molecule has 1 aliphatic carbocycles. The van der Waals surface area contributed by atoms with Gasteiger partial charge in [-0.2, -0.15) is 18.4 Å². The normalized spacial score (nSPS) is 20.2. The maximum absolute atomic E-state index is 16.1. The van der Waals surface area contributed by atoms with Crippen molar-refractivity contribution in [3.8, 4) is 6.07 Å². The number of hydrogen-bond donors (Lipinski definition) is 1. The van der Waals surface area contributed by atoms with E-state index in [0.717, 1.165) is 13.2 Å². The highest BCUT2D eigenvalue weighted by Gasteiger charge is 2.49. The molecule has 0 aromatic heterocycles. The Labute approximate surface area is 196 Å². The smallest absolute Gasteiger partial charge is 0.407 e. The van der Waals surface area contributed by atoms with Crippen LogP contribution in [-0.4, -0.2) is 51.1 Å². The first-order chi connectivity index (χ1) is 15.9. The molecule has 1 aliphatic rings. The van der Waals surface area contributed by atoms with Crippen molar-refractivity contribution >= 4 is 11.5 Å². The van der Waals surface area contributed by atoms with Crippen LogP contribution in [0.1, 0.15) is 37.8 Å². The Kier molecular flexibility index (Phi) is 9.38. The van der Waals surface area contributed by atoms with Crippen LogP contribution >= 0.6 is 0 Å². The first-order valence-corrected chi connectivity index (χ1v) is 10.6. The first-order valence-electron chi connectivity index (χ1n) is 10.6. The first kappa shape index (κ1) is 27.5. The third-order valence-electron chi connectivity index (χ3n) is 5.26. The van der Waals surface area contributed by atoms with Crippen LogP contribution in [0.15, 0.2) is 42.0 Å². The van der Waals surface area contributed by atoms with Gasteiger partial charge in [-0.1, -0.05) is 38.1 Å². The number of ether oxygens (including phenoxy) is 3. The number of carbonyl (C=O) groups is 1. The highest BCUT2D eigenvalue weighted by Crippen LogP contribution is 2.43. The number of nitrogens with one attached hydrogen (secondary N) is 1. The highest BCUT2D eigenvalue weighted by atomic mass is 19.4. The summed E-state index contributed by atoms with van der Waals surface area (Å²) in [5, 5.41) is 11.5. The van der Waals surface area contributed by atoms with Gasteiger partial charge in [-0.15, -0.1) is 0 Å². The molecule has 0 bridgehead atoms. The fourth-order valence-corrected chi connectivity index (χ4v) is 3.74. The standard InChI is InChI=1S/C24H28F4N2O4/c1-15(2)10-20(22(31)33-4)30-21(24(26,27)28)18-8-9-19(23(25,12-18)34-14-32-3)17-7-5-6-16(11-17)13-29/h5-9,11,15,20-21,30H,10,12,14H2,1-4H3. The second kappa shape index (κ2) is 11.6. The van der Waals surface area contributed by atoms with Crippen molar-refractivity contribution < 1.29 is 36.6 Å². The zero-order valence-corrected chi connectivity index (χ0v) is 19.4. The van der Waals surface area contributed by atoms with Crippen molar-refractivity contribution in [2.24, 2.45) is 5.92 Å². The zero-order valence-electron chi connectivity index (χ0n) is 19.4. The summed E-state index contributed by atoms with van der Waals surface area (Å²) in [7, 11) is 2.35. The zero-order chi connectivity index (χ0) is 25.5. The summed E-state index contributed by atoms with van der Waals surface area (Å²) in [5.41, 5.74) is 0.144. The minimum Gasteiger partial charge on any atom is -0.468 e.